The van der Waals surface area contributed by atoms with E-state index in [-0.39, 0.29) is 0 Å². The summed E-state index contributed by atoms with van der Waals surface area (Å²) in [5.41, 5.74) is 1.26. The molecule has 0 heterocycles. The summed E-state index contributed by atoms with van der Waals surface area (Å²) in [5.74, 6) is 0.873. The third kappa shape index (κ3) is 2.72. The highest BCUT2D eigenvalue weighted by Gasteiger charge is 2.06. The van der Waals surface area contributed by atoms with Crippen LogP contribution in [0.2, 0.25) is 0 Å². The molecule has 0 aromatic heterocycles. The van der Waals surface area contributed by atoms with Crippen molar-refractivity contribution in [1.29, 1.82) is 0 Å². The number of benzene rings is 1. The topological polar surface area (TPSA) is 21.3 Å². The van der Waals surface area contributed by atoms with E-state index in [9.17, 15) is 0 Å². The van der Waals surface area contributed by atoms with Gasteiger partial charge in [0.25, 0.3) is 0 Å². The van der Waals surface area contributed by atoms with Gasteiger partial charge in [0.05, 0.1) is 11.6 Å². The number of nitrogens with one attached hydrogen (secondary N) is 1. The van der Waals surface area contributed by atoms with Gasteiger partial charge in [-0.05, 0) is 47.1 Å². The van der Waals surface area contributed by atoms with Gasteiger partial charge in [0.15, 0.2) is 0 Å². The minimum absolute atomic E-state index is 0.377. The predicted octanol–water partition coefficient (Wildman–Crippen LogP) is 3.13. The van der Waals surface area contributed by atoms with Crippen LogP contribution in [-0.2, 0) is 0 Å². The minimum Gasteiger partial charge on any atom is -0.496 e. The molecule has 0 bridgehead atoms. The van der Waals surface area contributed by atoms with Crippen molar-refractivity contribution >= 4 is 15.9 Å². The molecule has 1 atom stereocenters. The van der Waals surface area contributed by atoms with Crippen molar-refractivity contribution in [2.45, 2.75) is 19.9 Å². The highest BCUT2D eigenvalue weighted by molar-refractivity contribution is 9.10. The fraction of sp³-hybridized carbons (Fsp3) is 0.455. The van der Waals surface area contributed by atoms with Gasteiger partial charge in [0.1, 0.15) is 5.75 Å². The molecule has 0 spiro atoms. The normalized spacial score (nSPS) is 12.6. The summed E-state index contributed by atoms with van der Waals surface area (Å²) in [4.78, 5) is 0. The predicted molar refractivity (Wildman–Crippen MR) is 62.8 cm³/mol. The Balaban J connectivity index is 2.85. The van der Waals surface area contributed by atoms with Crippen LogP contribution in [0.4, 0.5) is 0 Å². The summed E-state index contributed by atoms with van der Waals surface area (Å²) in [5, 5.41) is 3.36. The number of halogens is 1. The van der Waals surface area contributed by atoms with E-state index in [0.717, 1.165) is 16.8 Å². The van der Waals surface area contributed by atoms with E-state index in [1.807, 2.05) is 6.07 Å². The van der Waals surface area contributed by atoms with Gasteiger partial charge in [-0.1, -0.05) is 13.0 Å². The van der Waals surface area contributed by atoms with E-state index < -0.39 is 0 Å². The molecule has 3 heteroatoms. The number of ether oxygens (including phenoxy) is 1. The fourth-order valence-corrected chi connectivity index (χ4v) is 1.93. The minimum atomic E-state index is 0.377. The molecule has 2 nitrogen and oxygen atoms in total. The molecule has 0 radical (unpaired) electrons. The Morgan fingerprint density at radius 2 is 2.21 bits per heavy atom. The quantitative estimate of drug-likeness (QED) is 0.895. The Hall–Kier alpha value is -0.540. The second-order valence-corrected chi connectivity index (χ2v) is 4.03. The molecule has 0 saturated heterocycles. The first-order valence-electron chi connectivity index (χ1n) is 4.75. The van der Waals surface area contributed by atoms with Crippen LogP contribution in [0.1, 0.15) is 25.5 Å². The summed E-state index contributed by atoms with van der Waals surface area (Å²) in [6.45, 7) is 5.23. The first kappa shape index (κ1) is 11.5. The zero-order valence-electron chi connectivity index (χ0n) is 8.80. The maximum atomic E-state index is 5.17. The lowest BCUT2D eigenvalue weighted by Gasteiger charge is -2.14. The van der Waals surface area contributed by atoms with E-state index in [0.29, 0.717) is 6.04 Å². The van der Waals surface area contributed by atoms with Crippen LogP contribution in [0, 0.1) is 0 Å². The molecule has 78 valence electrons. The molecule has 14 heavy (non-hydrogen) atoms. The van der Waals surface area contributed by atoms with E-state index in [1.54, 1.807) is 7.11 Å². The Bertz CT molecular complexity index is 301. The van der Waals surface area contributed by atoms with Crippen LogP contribution in [0.15, 0.2) is 22.7 Å². The van der Waals surface area contributed by atoms with Crippen LogP contribution in [0.5, 0.6) is 5.75 Å². The molecule has 0 fully saturated rings. The van der Waals surface area contributed by atoms with Crippen molar-refractivity contribution in [2.75, 3.05) is 13.7 Å². The molecule has 0 saturated carbocycles. The van der Waals surface area contributed by atoms with E-state index >= 15 is 0 Å². The summed E-state index contributed by atoms with van der Waals surface area (Å²) >= 11 is 3.47. The average molecular weight is 258 g/mol. The molecule has 1 aromatic carbocycles. The second kappa shape index (κ2) is 5.37. The van der Waals surface area contributed by atoms with Gasteiger partial charge in [-0.25, -0.2) is 0 Å². The van der Waals surface area contributed by atoms with Crippen molar-refractivity contribution < 1.29 is 4.74 Å². The molecular formula is C11H16BrNO. The van der Waals surface area contributed by atoms with Gasteiger partial charge in [0.2, 0.25) is 0 Å². The monoisotopic (exact) mass is 257 g/mol. The van der Waals surface area contributed by atoms with Crippen molar-refractivity contribution in [1.82, 2.24) is 5.32 Å². The summed E-state index contributed by atoms with van der Waals surface area (Å²) in [6, 6.07) is 6.53. The summed E-state index contributed by atoms with van der Waals surface area (Å²) < 4.78 is 6.17. The van der Waals surface area contributed by atoms with Crippen molar-refractivity contribution in [3.63, 3.8) is 0 Å². The SMILES string of the molecule is CCNC(C)c1ccc(OC)c(Br)c1. The Morgan fingerprint density at radius 3 is 2.71 bits per heavy atom. The molecule has 0 amide bonds. The molecular weight excluding hydrogens is 242 g/mol. The zero-order valence-corrected chi connectivity index (χ0v) is 10.4. The smallest absolute Gasteiger partial charge is 0.133 e. The molecule has 1 aromatic rings. The maximum absolute atomic E-state index is 5.17. The first-order valence-corrected chi connectivity index (χ1v) is 5.55. The Labute approximate surface area is 93.8 Å². The van der Waals surface area contributed by atoms with Crippen LogP contribution in [0.3, 0.4) is 0 Å². The average Bonchev–Trinajstić information content (AvgIpc) is 2.18. The lowest BCUT2D eigenvalue weighted by atomic mass is 10.1. The number of methoxy groups -OCH3 is 1. The van der Waals surface area contributed by atoms with E-state index in [1.165, 1.54) is 5.56 Å². The first-order chi connectivity index (χ1) is 6.69. The summed E-state index contributed by atoms with van der Waals surface area (Å²) in [7, 11) is 1.67. The van der Waals surface area contributed by atoms with Crippen LogP contribution in [0.25, 0.3) is 0 Å². The van der Waals surface area contributed by atoms with Crippen LogP contribution in [-0.4, -0.2) is 13.7 Å². The highest BCUT2D eigenvalue weighted by atomic mass is 79.9. The molecule has 1 N–H and O–H groups in total. The summed E-state index contributed by atoms with van der Waals surface area (Å²) in [6.07, 6.45) is 0. The second-order valence-electron chi connectivity index (χ2n) is 3.17. The van der Waals surface area contributed by atoms with Gasteiger partial charge in [0, 0.05) is 6.04 Å². The Kier molecular flexibility index (Phi) is 4.42. The molecule has 0 aliphatic heterocycles. The van der Waals surface area contributed by atoms with Crippen LogP contribution >= 0.6 is 15.9 Å². The number of hydrogen-bond donors (Lipinski definition) is 1. The largest absolute Gasteiger partial charge is 0.496 e. The number of hydrogen-bond acceptors (Lipinski definition) is 2. The maximum Gasteiger partial charge on any atom is 0.133 e. The van der Waals surface area contributed by atoms with E-state index in [2.05, 4.69) is 47.2 Å². The standard InChI is InChI=1S/C11H16BrNO/c1-4-13-8(2)9-5-6-11(14-3)10(12)7-9/h5-8,13H,4H2,1-3H3. The Morgan fingerprint density at radius 1 is 1.50 bits per heavy atom. The molecule has 1 rings (SSSR count). The lowest BCUT2D eigenvalue weighted by Crippen LogP contribution is -2.17. The molecule has 1 unspecified atom stereocenters. The van der Waals surface area contributed by atoms with Crippen LogP contribution < -0.4 is 10.1 Å². The number of rotatable bonds is 4. The molecule has 0 aliphatic rings. The lowest BCUT2D eigenvalue weighted by molar-refractivity contribution is 0.411. The van der Waals surface area contributed by atoms with Gasteiger partial charge in [-0.2, -0.15) is 0 Å². The van der Waals surface area contributed by atoms with Gasteiger partial charge in [-0.15, -0.1) is 0 Å². The van der Waals surface area contributed by atoms with Crippen molar-refractivity contribution in [2.24, 2.45) is 0 Å². The van der Waals surface area contributed by atoms with E-state index in [4.69, 9.17) is 4.74 Å². The van der Waals surface area contributed by atoms with Gasteiger partial charge in [-0.3, -0.25) is 0 Å². The van der Waals surface area contributed by atoms with Gasteiger partial charge >= 0.3 is 0 Å². The molecule has 0 aliphatic carbocycles. The zero-order chi connectivity index (χ0) is 10.6. The fourth-order valence-electron chi connectivity index (χ4n) is 1.38. The van der Waals surface area contributed by atoms with Gasteiger partial charge < -0.3 is 10.1 Å². The third-order valence-corrected chi connectivity index (χ3v) is 2.81. The van der Waals surface area contributed by atoms with Crippen molar-refractivity contribution in [3.8, 4) is 5.75 Å². The third-order valence-electron chi connectivity index (χ3n) is 2.19. The van der Waals surface area contributed by atoms with Crippen molar-refractivity contribution in [3.05, 3.63) is 28.2 Å². The highest BCUT2D eigenvalue weighted by Crippen LogP contribution is 2.27.